The van der Waals surface area contributed by atoms with Gasteiger partial charge in [0.25, 0.3) is 0 Å². The van der Waals surface area contributed by atoms with E-state index in [0.717, 1.165) is 22.2 Å². The maximum Gasteiger partial charge on any atom is 0.196 e. The Labute approximate surface area is 179 Å². The minimum atomic E-state index is -0.236. The molecule has 0 aliphatic carbocycles. The first kappa shape index (κ1) is 20.2. The number of hydrogen-bond acceptors (Lipinski definition) is 4. The topological polar surface area (TPSA) is 39.9 Å². The smallest absolute Gasteiger partial charge is 0.196 e. The molecule has 0 atom stereocenters. The van der Waals surface area contributed by atoms with E-state index in [2.05, 4.69) is 29.3 Å². The number of thioether (sulfide) groups is 1. The Morgan fingerprint density at radius 3 is 2.30 bits per heavy atom. The first-order chi connectivity index (χ1) is 14.6. The molecule has 0 bridgehead atoms. The summed E-state index contributed by atoms with van der Waals surface area (Å²) in [6, 6.07) is 22.7. The molecule has 4 rings (SSSR count). The van der Waals surface area contributed by atoms with E-state index in [1.54, 1.807) is 12.1 Å². The van der Waals surface area contributed by atoms with Crippen molar-refractivity contribution in [2.45, 2.75) is 31.4 Å². The van der Waals surface area contributed by atoms with Crippen molar-refractivity contribution >= 4 is 11.8 Å². The van der Waals surface area contributed by atoms with Gasteiger partial charge in [-0.1, -0.05) is 59.3 Å². The van der Waals surface area contributed by atoms with Crippen molar-refractivity contribution in [3.8, 4) is 11.4 Å². The molecule has 30 heavy (non-hydrogen) atoms. The van der Waals surface area contributed by atoms with Crippen LogP contribution in [0.15, 0.2) is 78.0 Å². The number of rotatable bonds is 7. The van der Waals surface area contributed by atoms with Crippen molar-refractivity contribution in [2.75, 3.05) is 0 Å². The molecule has 0 saturated heterocycles. The summed E-state index contributed by atoms with van der Waals surface area (Å²) >= 11 is 1.52. The second kappa shape index (κ2) is 9.13. The number of benzene rings is 3. The molecule has 0 spiro atoms. The zero-order valence-corrected chi connectivity index (χ0v) is 17.7. The molecule has 3 aromatic carbocycles. The predicted molar refractivity (Wildman–Crippen MR) is 118 cm³/mol. The molecule has 4 nitrogen and oxygen atoms in total. The third-order valence-corrected chi connectivity index (χ3v) is 5.64. The number of hydrogen-bond donors (Lipinski definition) is 0. The minimum absolute atomic E-state index is 0.236. The van der Waals surface area contributed by atoms with Crippen LogP contribution >= 0.6 is 11.8 Å². The molecule has 0 N–H and O–H groups in total. The molecule has 0 fully saturated rings. The van der Waals surface area contributed by atoms with Gasteiger partial charge in [-0.2, -0.15) is 0 Å². The molecule has 0 unspecified atom stereocenters. The zero-order valence-electron chi connectivity index (χ0n) is 16.9. The van der Waals surface area contributed by atoms with Crippen LogP contribution in [0.25, 0.3) is 5.69 Å². The first-order valence-corrected chi connectivity index (χ1v) is 10.6. The summed E-state index contributed by atoms with van der Waals surface area (Å²) < 4.78 is 21.4. The zero-order chi connectivity index (χ0) is 20.9. The van der Waals surface area contributed by atoms with E-state index in [4.69, 9.17) is 4.74 Å². The molecule has 0 aliphatic heterocycles. The molecule has 1 heterocycles. The fourth-order valence-corrected chi connectivity index (χ4v) is 3.91. The molecule has 0 aliphatic rings. The van der Waals surface area contributed by atoms with Gasteiger partial charge in [0.05, 0.1) is 0 Å². The summed E-state index contributed by atoms with van der Waals surface area (Å²) in [6.07, 6.45) is 0. The summed E-state index contributed by atoms with van der Waals surface area (Å²) in [4.78, 5) is 0. The van der Waals surface area contributed by atoms with Gasteiger partial charge in [-0.05, 0) is 55.8 Å². The monoisotopic (exact) mass is 419 g/mol. The van der Waals surface area contributed by atoms with Crippen LogP contribution in [0.4, 0.5) is 4.39 Å². The van der Waals surface area contributed by atoms with Crippen LogP contribution in [0, 0.1) is 19.7 Å². The Morgan fingerprint density at radius 2 is 1.60 bits per heavy atom. The van der Waals surface area contributed by atoms with Crippen LogP contribution in [0.3, 0.4) is 0 Å². The van der Waals surface area contributed by atoms with Crippen molar-refractivity contribution in [3.05, 3.63) is 101 Å². The molecule has 152 valence electrons. The van der Waals surface area contributed by atoms with Crippen molar-refractivity contribution in [1.82, 2.24) is 14.8 Å². The largest absolute Gasteiger partial charge is 0.486 e. The number of ether oxygens (including phenoxy) is 1. The summed E-state index contributed by atoms with van der Waals surface area (Å²) in [6.45, 7) is 4.39. The molecular weight excluding hydrogens is 397 g/mol. The lowest BCUT2D eigenvalue weighted by Gasteiger charge is -2.12. The maximum atomic E-state index is 13.5. The number of aryl methyl sites for hydroxylation is 2. The van der Waals surface area contributed by atoms with Gasteiger partial charge in [0, 0.05) is 11.4 Å². The first-order valence-electron chi connectivity index (χ1n) is 9.66. The molecule has 0 amide bonds. The van der Waals surface area contributed by atoms with E-state index in [1.165, 1.54) is 29.0 Å². The average molecular weight is 420 g/mol. The third kappa shape index (κ3) is 4.89. The number of nitrogens with zero attached hydrogens (tertiary/aromatic N) is 3. The highest BCUT2D eigenvalue weighted by Gasteiger charge is 2.15. The van der Waals surface area contributed by atoms with Crippen LogP contribution < -0.4 is 4.74 Å². The SMILES string of the molecule is Cc1ccc(OCc2nnc(SCc3cccc(F)c3)n2-c2ccc(C)cc2)cc1. The van der Waals surface area contributed by atoms with E-state index in [9.17, 15) is 4.39 Å². The van der Waals surface area contributed by atoms with Crippen molar-refractivity contribution in [3.63, 3.8) is 0 Å². The van der Waals surface area contributed by atoms with Gasteiger partial charge < -0.3 is 4.74 Å². The number of halogens is 1. The second-order valence-electron chi connectivity index (χ2n) is 7.09. The van der Waals surface area contributed by atoms with Crippen molar-refractivity contribution in [2.24, 2.45) is 0 Å². The second-order valence-corrected chi connectivity index (χ2v) is 8.03. The minimum Gasteiger partial charge on any atom is -0.486 e. The van der Waals surface area contributed by atoms with Crippen LogP contribution in [0.2, 0.25) is 0 Å². The van der Waals surface area contributed by atoms with Crippen LogP contribution in [0.5, 0.6) is 5.75 Å². The maximum absolute atomic E-state index is 13.5. The Kier molecular flexibility index (Phi) is 6.14. The van der Waals surface area contributed by atoms with Gasteiger partial charge in [-0.3, -0.25) is 4.57 Å². The quantitative estimate of drug-likeness (QED) is 0.350. The molecule has 4 aromatic rings. The molecule has 6 heteroatoms. The summed E-state index contributed by atoms with van der Waals surface area (Å²) in [5.74, 6) is 1.86. The van der Waals surface area contributed by atoms with Crippen LogP contribution in [0.1, 0.15) is 22.5 Å². The number of aromatic nitrogens is 3. The molecule has 0 radical (unpaired) electrons. The summed E-state index contributed by atoms with van der Waals surface area (Å²) in [5.41, 5.74) is 4.23. The molecular formula is C24H22FN3OS. The average Bonchev–Trinajstić information content (AvgIpc) is 3.15. The Balaban J connectivity index is 1.59. The van der Waals surface area contributed by atoms with Gasteiger partial charge >= 0.3 is 0 Å². The third-order valence-electron chi connectivity index (χ3n) is 4.64. The van der Waals surface area contributed by atoms with Crippen molar-refractivity contribution < 1.29 is 9.13 Å². The highest BCUT2D eigenvalue weighted by Crippen LogP contribution is 2.26. The fourth-order valence-electron chi connectivity index (χ4n) is 3.00. The highest BCUT2D eigenvalue weighted by atomic mass is 32.2. The fraction of sp³-hybridized carbons (Fsp3) is 0.167. The summed E-state index contributed by atoms with van der Waals surface area (Å²) in [7, 11) is 0. The van der Waals surface area contributed by atoms with E-state index in [1.807, 2.05) is 54.0 Å². The lowest BCUT2D eigenvalue weighted by Crippen LogP contribution is -2.06. The van der Waals surface area contributed by atoms with E-state index in [-0.39, 0.29) is 5.82 Å². The lowest BCUT2D eigenvalue weighted by atomic mass is 10.2. The normalized spacial score (nSPS) is 10.9. The standard InChI is InChI=1S/C24H22FN3OS/c1-17-6-10-21(11-7-17)28-23(15-29-22-12-8-18(2)9-13-22)26-27-24(28)30-16-19-4-3-5-20(25)14-19/h3-14H,15-16H2,1-2H3. The van der Waals surface area contributed by atoms with Gasteiger partial charge in [0.1, 0.15) is 18.2 Å². The van der Waals surface area contributed by atoms with Gasteiger partial charge in [-0.15, -0.1) is 10.2 Å². The molecule has 1 aromatic heterocycles. The van der Waals surface area contributed by atoms with Gasteiger partial charge in [0.15, 0.2) is 11.0 Å². The van der Waals surface area contributed by atoms with Crippen LogP contribution in [-0.2, 0) is 12.4 Å². The van der Waals surface area contributed by atoms with Crippen LogP contribution in [-0.4, -0.2) is 14.8 Å². The van der Waals surface area contributed by atoms with Gasteiger partial charge in [0.2, 0.25) is 0 Å². The summed E-state index contributed by atoms with van der Waals surface area (Å²) in [5, 5.41) is 9.49. The van der Waals surface area contributed by atoms with E-state index < -0.39 is 0 Å². The van der Waals surface area contributed by atoms with Gasteiger partial charge in [-0.25, -0.2) is 4.39 Å². The Hall–Kier alpha value is -3.12. The van der Waals surface area contributed by atoms with Crippen molar-refractivity contribution in [1.29, 1.82) is 0 Å². The van der Waals surface area contributed by atoms with E-state index in [0.29, 0.717) is 18.2 Å². The predicted octanol–water partition coefficient (Wildman–Crippen LogP) is 5.89. The molecule has 0 saturated carbocycles. The highest BCUT2D eigenvalue weighted by molar-refractivity contribution is 7.98. The van der Waals surface area contributed by atoms with E-state index >= 15 is 0 Å². The lowest BCUT2D eigenvalue weighted by molar-refractivity contribution is 0.292. The Morgan fingerprint density at radius 1 is 0.900 bits per heavy atom. The Bertz CT molecular complexity index is 1120.